The van der Waals surface area contributed by atoms with Gasteiger partial charge in [-0.15, -0.1) is 0 Å². The number of amides is 3. The summed E-state index contributed by atoms with van der Waals surface area (Å²) < 4.78 is 10.6. The second-order valence-corrected chi connectivity index (χ2v) is 8.18. The molecule has 2 saturated heterocycles. The molecular weight excluding hydrogens is 424 g/mol. The van der Waals surface area contributed by atoms with Gasteiger partial charge in [0.1, 0.15) is 6.04 Å². The first-order chi connectivity index (χ1) is 16.1. The van der Waals surface area contributed by atoms with Crippen LogP contribution in [-0.4, -0.2) is 79.5 Å². The number of ether oxygens (including phenoxy) is 1. The number of morpholine rings is 1. The summed E-state index contributed by atoms with van der Waals surface area (Å²) >= 11 is 0. The Hall–Kier alpha value is -3.33. The molecule has 0 bridgehead atoms. The lowest BCUT2D eigenvalue weighted by Crippen LogP contribution is -2.49. The fraction of sp³-hybridized carbons (Fsp3) is 0.458. The molecule has 0 saturated carbocycles. The number of nitrogens with zero attached hydrogens (tertiary/aromatic N) is 3. The molecule has 2 aliphatic rings. The van der Waals surface area contributed by atoms with E-state index in [1.165, 1.54) is 11.2 Å². The van der Waals surface area contributed by atoms with Crippen LogP contribution in [0.15, 0.2) is 47.1 Å². The average molecular weight is 455 g/mol. The lowest BCUT2D eigenvalue weighted by molar-refractivity contribution is -0.137. The van der Waals surface area contributed by atoms with E-state index in [1.54, 1.807) is 17.0 Å². The summed E-state index contributed by atoms with van der Waals surface area (Å²) in [7, 11) is 0. The molecule has 0 aliphatic carbocycles. The molecular formula is C24H30N4O5. The highest BCUT2D eigenvalue weighted by Crippen LogP contribution is 2.23. The summed E-state index contributed by atoms with van der Waals surface area (Å²) in [6.07, 6.45) is 2.75. The van der Waals surface area contributed by atoms with Crippen LogP contribution in [0.5, 0.6) is 0 Å². The van der Waals surface area contributed by atoms with Crippen LogP contribution < -0.4 is 10.2 Å². The Morgan fingerprint density at radius 2 is 1.85 bits per heavy atom. The smallest absolute Gasteiger partial charge is 0.290 e. The van der Waals surface area contributed by atoms with Crippen molar-refractivity contribution in [1.82, 2.24) is 9.80 Å². The number of furan rings is 1. The summed E-state index contributed by atoms with van der Waals surface area (Å²) in [5, 5.41) is 2.87. The van der Waals surface area contributed by atoms with E-state index in [4.69, 9.17) is 9.15 Å². The van der Waals surface area contributed by atoms with Crippen molar-refractivity contribution in [2.24, 2.45) is 0 Å². The maximum Gasteiger partial charge on any atom is 0.290 e. The third kappa shape index (κ3) is 5.36. The average Bonchev–Trinajstić information content (AvgIpc) is 3.55. The molecule has 2 aliphatic heterocycles. The molecule has 0 spiro atoms. The van der Waals surface area contributed by atoms with Gasteiger partial charge in [0, 0.05) is 37.6 Å². The number of likely N-dealkylation sites (N-methyl/N-ethyl adjacent to an activating group) is 1. The first-order valence-electron chi connectivity index (χ1n) is 11.4. The van der Waals surface area contributed by atoms with E-state index >= 15 is 0 Å². The van der Waals surface area contributed by atoms with Crippen molar-refractivity contribution in [3.05, 3.63) is 48.4 Å². The molecule has 1 aromatic carbocycles. The highest BCUT2D eigenvalue weighted by atomic mass is 16.5. The zero-order valence-electron chi connectivity index (χ0n) is 18.9. The fourth-order valence-electron chi connectivity index (χ4n) is 4.32. The zero-order valence-corrected chi connectivity index (χ0v) is 18.9. The lowest BCUT2D eigenvalue weighted by Gasteiger charge is -2.29. The third-order valence-electron chi connectivity index (χ3n) is 6.09. The van der Waals surface area contributed by atoms with E-state index in [1.807, 2.05) is 31.2 Å². The van der Waals surface area contributed by atoms with E-state index in [0.29, 0.717) is 38.4 Å². The molecule has 9 heteroatoms. The highest BCUT2D eigenvalue weighted by molar-refractivity contribution is 5.98. The van der Waals surface area contributed by atoms with Crippen molar-refractivity contribution in [3.8, 4) is 0 Å². The normalized spacial score (nSPS) is 18.3. The maximum atomic E-state index is 13.2. The Morgan fingerprint density at radius 3 is 2.52 bits per heavy atom. The van der Waals surface area contributed by atoms with Crippen molar-refractivity contribution in [3.63, 3.8) is 0 Å². The summed E-state index contributed by atoms with van der Waals surface area (Å²) in [6.45, 7) is 5.75. The van der Waals surface area contributed by atoms with E-state index in [0.717, 1.165) is 25.2 Å². The van der Waals surface area contributed by atoms with Gasteiger partial charge in [-0.05, 0) is 56.2 Å². The van der Waals surface area contributed by atoms with Gasteiger partial charge in [-0.2, -0.15) is 0 Å². The zero-order chi connectivity index (χ0) is 23.2. The molecule has 1 aromatic heterocycles. The molecule has 1 unspecified atom stereocenters. The van der Waals surface area contributed by atoms with Gasteiger partial charge >= 0.3 is 0 Å². The number of hydrogen-bond donors (Lipinski definition) is 1. The third-order valence-corrected chi connectivity index (χ3v) is 6.09. The van der Waals surface area contributed by atoms with Gasteiger partial charge in [0.2, 0.25) is 11.8 Å². The van der Waals surface area contributed by atoms with Gasteiger partial charge in [-0.3, -0.25) is 14.4 Å². The van der Waals surface area contributed by atoms with Crippen LogP contribution in [0.4, 0.5) is 11.4 Å². The molecule has 176 valence electrons. The van der Waals surface area contributed by atoms with E-state index in [2.05, 4.69) is 10.2 Å². The minimum absolute atomic E-state index is 0.0696. The summed E-state index contributed by atoms with van der Waals surface area (Å²) in [5.41, 5.74) is 1.76. The Labute approximate surface area is 193 Å². The van der Waals surface area contributed by atoms with E-state index in [-0.39, 0.29) is 30.0 Å². The summed E-state index contributed by atoms with van der Waals surface area (Å²) in [4.78, 5) is 43.8. The highest BCUT2D eigenvalue weighted by Gasteiger charge is 2.37. The van der Waals surface area contributed by atoms with Gasteiger partial charge < -0.3 is 29.2 Å². The predicted molar refractivity (Wildman–Crippen MR) is 123 cm³/mol. The quantitative estimate of drug-likeness (QED) is 0.689. The topological polar surface area (TPSA) is 95.3 Å². The second kappa shape index (κ2) is 10.5. The standard InChI is InChI=1S/C24H30N4O5/c1-2-26(23(30)20-5-3-11-28(20)24(31)21-6-4-14-33-21)17-22(29)25-18-7-9-19(10-8-18)27-12-15-32-16-13-27/h4,6-10,14,20H,2-3,5,11-13,15-17H2,1H3,(H,25,29). The Morgan fingerprint density at radius 1 is 1.09 bits per heavy atom. The number of carbonyl (C=O) groups is 3. The molecule has 3 heterocycles. The van der Waals surface area contributed by atoms with Crippen LogP contribution in [0, 0.1) is 0 Å². The van der Waals surface area contributed by atoms with Crippen molar-refractivity contribution in [1.29, 1.82) is 0 Å². The minimum Gasteiger partial charge on any atom is -0.459 e. The van der Waals surface area contributed by atoms with Gasteiger partial charge in [-0.1, -0.05) is 0 Å². The van der Waals surface area contributed by atoms with E-state index in [9.17, 15) is 14.4 Å². The number of carbonyl (C=O) groups excluding carboxylic acids is 3. The Kier molecular flexibility index (Phi) is 7.29. The van der Waals surface area contributed by atoms with Gasteiger partial charge in [0.15, 0.2) is 5.76 Å². The van der Waals surface area contributed by atoms with Gasteiger partial charge in [-0.25, -0.2) is 0 Å². The van der Waals surface area contributed by atoms with Crippen LogP contribution in [0.1, 0.15) is 30.3 Å². The molecule has 2 aromatic rings. The van der Waals surface area contributed by atoms with Gasteiger partial charge in [0.05, 0.1) is 26.0 Å². The second-order valence-electron chi connectivity index (χ2n) is 8.18. The summed E-state index contributed by atoms with van der Waals surface area (Å²) in [6, 6.07) is 10.3. The van der Waals surface area contributed by atoms with Crippen molar-refractivity contribution in [2.75, 3.05) is 56.2 Å². The van der Waals surface area contributed by atoms with Crippen molar-refractivity contribution in [2.45, 2.75) is 25.8 Å². The number of hydrogen-bond acceptors (Lipinski definition) is 6. The molecule has 4 rings (SSSR count). The minimum atomic E-state index is -0.580. The molecule has 9 nitrogen and oxygen atoms in total. The van der Waals surface area contributed by atoms with Crippen LogP contribution in [0.2, 0.25) is 0 Å². The fourth-order valence-corrected chi connectivity index (χ4v) is 4.32. The van der Waals surface area contributed by atoms with Crippen molar-refractivity contribution >= 4 is 29.1 Å². The first kappa shape index (κ1) is 22.8. The molecule has 33 heavy (non-hydrogen) atoms. The monoisotopic (exact) mass is 454 g/mol. The maximum absolute atomic E-state index is 13.2. The van der Waals surface area contributed by atoms with Crippen LogP contribution >= 0.6 is 0 Å². The Balaban J connectivity index is 1.34. The number of likely N-dealkylation sites (tertiary alicyclic amines) is 1. The number of rotatable bonds is 7. The van der Waals surface area contributed by atoms with Gasteiger partial charge in [0.25, 0.3) is 5.91 Å². The van der Waals surface area contributed by atoms with E-state index < -0.39 is 6.04 Å². The van der Waals surface area contributed by atoms with Crippen LogP contribution in [-0.2, 0) is 14.3 Å². The van der Waals surface area contributed by atoms with Crippen LogP contribution in [0.3, 0.4) is 0 Å². The largest absolute Gasteiger partial charge is 0.459 e. The number of nitrogens with one attached hydrogen (secondary N) is 1. The van der Waals surface area contributed by atoms with Crippen molar-refractivity contribution < 1.29 is 23.5 Å². The molecule has 1 N–H and O–H groups in total. The predicted octanol–water partition coefficient (Wildman–Crippen LogP) is 2.21. The molecule has 3 amide bonds. The molecule has 0 radical (unpaired) electrons. The first-order valence-corrected chi connectivity index (χ1v) is 11.4. The Bertz CT molecular complexity index is 954. The SMILES string of the molecule is CCN(CC(=O)Nc1ccc(N2CCOCC2)cc1)C(=O)C1CCCN1C(=O)c1ccco1. The number of benzene rings is 1. The number of anilines is 2. The lowest BCUT2D eigenvalue weighted by atomic mass is 10.1. The molecule has 1 atom stereocenters. The molecule has 2 fully saturated rings. The van der Waals surface area contributed by atoms with Crippen LogP contribution in [0.25, 0.3) is 0 Å². The summed E-state index contributed by atoms with van der Waals surface area (Å²) in [5.74, 6) is -0.563.